The third-order valence-electron chi connectivity index (χ3n) is 2.83. The summed E-state index contributed by atoms with van der Waals surface area (Å²) in [6.07, 6.45) is 1.44. The fraction of sp³-hybridized carbons (Fsp3) is 0.500. The number of nitrogens with one attached hydrogen (secondary N) is 1. The van der Waals surface area contributed by atoms with Crippen LogP contribution in [0.1, 0.15) is 24.2 Å². The molecule has 5 N–H and O–H groups in total. The largest absolute Gasteiger partial charge is 0.397 e. The lowest BCUT2D eigenvalue weighted by atomic mass is 10.2. The Bertz CT molecular complexity index is 403. The van der Waals surface area contributed by atoms with Crippen LogP contribution in [0.15, 0.2) is 12.3 Å². The van der Waals surface area contributed by atoms with Gasteiger partial charge >= 0.3 is 0 Å². The second-order valence-corrected chi connectivity index (χ2v) is 3.97. The number of anilines is 2. The van der Waals surface area contributed by atoms with Crippen LogP contribution in [0.25, 0.3) is 0 Å². The summed E-state index contributed by atoms with van der Waals surface area (Å²) in [5.41, 5.74) is 11.4. The summed E-state index contributed by atoms with van der Waals surface area (Å²) < 4.78 is 0. The molecular formula is C12H21N5O. The Kier molecular flexibility index (Phi) is 5.38. The zero-order valence-corrected chi connectivity index (χ0v) is 10.9. The molecule has 0 bridgehead atoms. The highest BCUT2D eigenvalue weighted by atomic mass is 16.1. The number of rotatable bonds is 7. The maximum absolute atomic E-state index is 11.1. The first-order valence-corrected chi connectivity index (χ1v) is 6.10. The SMILES string of the molecule is CCN(CC)CCNc1cc(C(N)=O)c(N)cn1. The normalized spacial score (nSPS) is 10.6. The standard InChI is InChI=1S/C12H21N5O/c1-3-17(4-2)6-5-15-11-7-9(12(14)18)10(13)8-16-11/h7-8H,3-6,13H2,1-2H3,(H2,14,18)(H,15,16). The number of pyridine rings is 1. The zero-order valence-electron chi connectivity index (χ0n) is 10.9. The van der Waals surface area contributed by atoms with Gasteiger partial charge in [-0.25, -0.2) is 4.98 Å². The van der Waals surface area contributed by atoms with Crippen molar-refractivity contribution in [2.45, 2.75) is 13.8 Å². The Balaban J connectivity index is 2.58. The maximum Gasteiger partial charge on any atom is 0.250 e. The first-order chi connectivity index (χ1) is 8.58. The van der Waals surface area contributed by atoms with Gasteiger partial charge in [0.25, 0.3) is 5.91 Å². The predicted molar refractivity (Wildman–Crippen MR) is 73.4 cm³/mol. The molecule has 0 aromatic carbocycles. The molecule has 18 heavy (non-hydrogen) atoms. The fourth-order valence-electron chi connectivity index (χ4n) is 1.66. The number of carbonyl (C=O) groups is 1. The lowest BCUT2D eigenvalue weighted by Crippen LogP contribution is -2.28. The van der Waals surface area contributed by atoms with E-state index in [4.69, 9.17) is 11.5 Å². The molecule has 0 aliphatic heterocycles. The van der Waals surface area contributed by atoms with E-state index in [1.807, 2.05) is 0 Å². The predicted octanol–water partition coefficient (Wildman–Crippen LogP) is 0.516. The number of carbonyl (C=O) groups excluding carboxylic acids is 1. The fourth-order valence-corrected chi connectivity index (χ4v) is 1.66. The third kappa shape index (κ3) is 3.89. The van der Waals surface area contributed by atoms with Crippen molar-refractivity contribution < 1.29 is 4.79 Å². The van der Waals surface area contributed by atoms with Gasteiger partial charge in [-0.05, 0) is 19.2 Å². The van der Waals surface area contributed by atoms with Gasteiger partial charge in [0.05, 0.1) is 17.4 Å². The van der Waals surface area contributed by atoms with E-state index in [2.05, 4.69) is 29.0 Å². The smallest absolute Gasteiger partial charge is 0.250 e. The first kappa shape index (κ1) is 14.2. The molecular weight excluding hydrogens is 230 g/mol. The Labute approximate surface area is 107 Å². The monoisotopic (exact) mass is 251 g/mol. The molecule has 6 heteroatoms. The van der Waals surface area contributed by atoms with E-state index in [1.165, 1.54) is 6.20 Å². The minimum absolute atomic E-state index is 0.301. The highest BCUT2D eigenvalue weighted by Crippen LogP contribution is 2.13. The van der Waals surface area contributed by atoms with E-state index in [-0.39, 0.29) is 0 Å². The number of nitrogens with two attached hydrogens (primary N) is 2. The number of nitrogens with zero attached hydrogens (tertiary/aromatic N) is 2. The van der Waals surface area contributed by atoms with E-state index in [9.17, 15) is 4.79 Å². The van der Waals surface area contributed by atoms with Gasteiger partial charge in [-0.1, -0.05) is 13.8 Å². The van der Waals surface area contributed by atoms with Crippen molar-refractivity contribution in [1.29, 1.82) is 0 Å². The van der Waals surface area contributed by atoms with Crippen molar-refractivity contribution in [3.8, 4) is 0 Å². The average Bonchev–Trinajstić information content (AvgIpc) is 2.36. The van der Waals surface area contributed by atoms with Crippen LogP contribution < -0.4 is 16.8 Å². The van der Waals surface area contributed by atoms with Gasteiger partial charge in [-0.2, -0.15) is 0 Å². The zero-order chi connectivity index (χ0) is 13.5. The molecule has 0 aliphatic carbocycles. The van der Waals surface area contributed by atoms with Gasteiger partial charge in [0.1, 0.15) is 5.82 Å². The van der Waals surface area contributed by atoms with Crippen LogP contribution in [0.5, 0.6) is 0 Å². The van der Waals surface area contributed by atoms with Crippen LogP contribution in [0.2, 0.25) is 0 Å². The number of hydrogen-bond donors (Lipinski definition) is 3. The number of amides is 1. The minimum Gasteiger partial charge on any atom is -0.397 e. The van der Waals surface area contributed by atoms with Crippen LogP contribution in [-0.2, 0) is 0 Å². The van der Waals surface area contributed by atoms with Crippen molar-refractivity contribution in [3.63, 3.8) is 0 Å². The quantitative estimate of drug-likeness (QED) is 0.656. The van der Waals surface area contributed by atoms with Gasteiger partial charge in [-0.3, -0.25) is 4.79 Å². The second-order valence-electron chi connectivity index (χ2n) is 3.97. The summed E-state index contributed by atoms with van der Waals surface area (Å²) in [6.45, 7) is 7.95. The van der Waals surface area contributed by atoms with Crippen molar-refractivity contribution in [1.82, 2.24) is 9.88 Å². The molecule has 1 amide bonds. The molecule has 0 saturated carbocycles. The van der Waals surface area contributed by atoms with Crippen LogP contribution in [0.4, 0.5) is 11.5 Å². The first-order valence-electron chi connectivity index (χ1n) is 6.10. The van der Waals surface area contributed by atoms with Crippen molar-refractivity contribution in [2.75, 3.05) is 37.2 Å². The molecule has 1 aromatic heterocycles. The number of likely N-dealkylation sites (N-methyl/N-ethyl adjacent to an activating group) is 1. The molecule has 100 valence electrons. The van der Waals surface area contributed by atoms with E-state index in [0.717, 1.165) is 26.2 Å². The molecule has 0 radical (unpaired) electrons. The highest BCUT2D eigenvalue weighted by Gasteiger charge is 2.07. The number of aromatic nitrogens is 1. The number of nitrogen functional groups attached to an aromatic ring is 1. The molecule has 1 heterocycles. The molecule has 0 atom stereocenters. The summed E-state index contributed by atoms with van der Waals surface area (Å²) in [4.78, 5) is 17.5. The molecule has 0 unspecified atom stereocenters. The average molecular weight is 251 g/mol. The molecule has 1 aromatic rings. The Morgan fingerprint density at radius 3 is 2.67 bits per heavy atom. The van der Waals surface area contributed by atoms with Crippen LogP contribution in [0.3, 0.4) is 0 Å². The van der Waals surface area contributed by atoms with Gasteiger partial charge < -0.3 is 21.7 Å². The highest BCUT2D eigenvalue weighted by molar-refractivity contribution is 5.98. The Morgan fingerprint density at radius 1 is 1.44 bits per heavy atom. The summed E-state index contributed by atoms with van der Waals surface area (Å²) in [5.74, 6) is 0.0758. The lowest BCUT2D eigenvalue weighted by molar-refractivity contribution is 0.100. The number of primary amides is 1. The summed E-state index contributed by atoms with van der Waals surface area (Å²) in [7, 11) is 0. The van der Waals surface area contributed by atoms with Crippen molar-refractivity contribution in [3.05, 3.63) is 17.8 Å². The molecule has 0 saturated heterocycles. The van der Waals surface area contributed by atoms with E-state index < -0.39 is 5.91 Å². The van der Waals surface area contributed by atoms with Crippen LogP contribution in [-0.4, -0.2) is 42.0 Å². The second kappa shape index (κ2) is 6.80. The minimum atomic E-state index is -0.540. The van der Waals surface area contributed by atoms with Crippen molar-refractivity contribution in [2.24, 2.45) is 5.73 Å². The Morgan fingerprint density at radius 2 is 2.11 bits per heavy atom. The third-order valence-corrected chi connectivity index (χ3v) is 2.83. The summed E-state index contributed by atoms with van der Waals surface area (Å²) >= 11 is 0. The van der Waals surface area contributed by atoms with Gasteiger partial charge in [0.15, 0.2) is 0 Å². The maximum atomic E-state index is 11.1. The van der Waals surface area contributed by atoms with Gasteiger partial charge in [0.2, 0.25) is 0 Å². The van der Waals surface area contributed by atoms with Crippen LogP contribution in [0, 0.1) is 0 Å². The van der Waals surface area contributed by atoms with E-state index in [0.29, 0.717) is 17.1 Å². The number of hydrogen-bond acceptors (Lipinski definition) is 5. The van der Waals surface area contributed by atoms with Crippen molar-refractivity contribution >= 4 is 17.4 Å². The van der Waals surface area contributed by atoms with Gasteiger partial charge in [-0.15, -0.1) is 0 Å². The molecule has 0 spiro atoms. The summed E-state index contributed by atoms with van der Waals surface area (Å²) in [6, 6.07) is 1.58. The molecule has 0 fully saturated rings. The molecule has 1 rings (SSSR count). The lowest BCUT2D eigenvalue weighted by Gasteiger charge is -2.18. The van der Waals surface area contributed by atoms with E-state index in [1.54, 1.807) is 6.07 Å². The molecule has 6 nitrogen and oxygen atoms in total. The topological polar surface area (TPSA) is 97.3 Å². The Hall–Kier alpha value is -1.82. The summed E-state index contributed by atoms with van der Waals surface area (Å²) in [5, 5.41) is 3.15. The van der Waals surface area contributed by atoms with Crippen LogP contribution >= 0.6 is 0 Å². The molecule has 0 aliphatic rings. The van der Waals surface area contributed by atoms with E-state index >= 15 is 0 Å². The van der Waals surface area contributed by atoms with Gasteiger partial charge in [0, 0.05) is 13.1 Å².